The Bertz CT molecular complexity index is 729. The molecule has 25 heavy (non-hydrogen) atoms. The highest BCUT2D eigenvalue weighted by molar-refractivity contribution is 5.88. The summed E-state index contributed by atoms with van der Waals surface area (Å²) in [5, 5.41) is 2.75. The zero-order valence-corrected chi connectivity index (χ0v) is 14.1. The fourth-order valence-corrected chi connectivity index (χ4v) is 2.55. The van der Waals surface area contributed by atoms with E-state index in [1.54, 1.807) is 30.3 Å². The minimum absolute atomic E-state index is 0.205. The van der Waals surface area contributed by atoms with Crippen molar-refractivity contribution in [2.75, 3.05) is 6.54 Å². The molecule has 0 spiro atoms. The van der Waals surface area contributed by atoms with Crippen LogP contribution in [0.2, 0.25) is 0 Å². The highest BCUT2D eigenvalue weighted by Gasteiger charge is 2.29. The second-order valence-corrected chi connectivity index (χ2v) is 5.62. The van der Waals surface area contributed by atoms with E-state index in [-0.39, 0.29) is 24.2 Å². The van der Waals surface area contributed by atoms with Crippen LogP contribution in [0.1, 0.15) is 24.1 Å². The molecule has 0 saturated carbocycles. The van der Waals surface area contributed by atoms with E-state index in [1.807, 2.05) is 18.2 Å². The molecule has 1 N–H and O–H groups in total. The lowest BCUT2D eigenvalue weighted by Gasteiger charge is -2.30. The van der Waals surface area contributed by atoms with Crippen molar-refractivity contribution >= 4 is 11.8 Å². The second kappa shape index (κ2) is 8.78. The van der Waals surface area contributed by atoms with Crippen molar-refractivity contribution in [2.24, 2.45) is 0 Å². The van der Waals surface area contributed by atoms with Crippen molar-refractivity contribution in [3.05, 3.63) is 84.2 Å². The first kappa shape index (κ1) is 18.4. The summed E-state index contributed by atoms with van der Waals surface area (Å²) in [5.41, 5.74) is 1.45. The highest BCUT2D eigenvalue weighted by atomic mass is 19.1. The molecule has 0 aliphatic carbocycles. The van der Waals surface area contributed by atoms with Crippen LogP contribution in [0.25, 0.3) is 0 Å². The number of nitrogens with one attached hydrogen (secondary N) is 1. The number of carbonyl (C=O) groups excluding carboxylic acids is 2. The van der Waals surface area contributed by atoms with Crippen LogP contribution < -0.4 is 5.32 Å². The fraction of sp³-hybridized carbons (Fsp3) is 0.200. The lowest BCUT2D eigenvalue weighted by atomic mass is 10.0. The number of hydrogen-bond donors (Lipinski definition) is 1. The number of amides is 2. The van der Waals surface area contributed by atoms with E-state index in [2.05, 4.69) is 11.9 Å². The lowest BCUT2D eigenvalue weighted by molar-refractivity contribution is -0.139. The highest BCUT2D eigenvalue weighted by Crippen LogP contribution is 2.23. The van der Waals surface area contributed by atoms with Gasteiger partial charge in [0.1, 0.15) is 11.9 Å². The van der Waals surface area contributed by atoms with Gasteiger partial charge in [-0.15, -0.1) is 6.58 Å². The third-order valence-electron chi connectivity index (χ3n) is 3.77. The molecule has 0 fully saturated rings. The number of rotatable bonds is 7. The second-order valence-electron chi connectivity index (χ2n) is 5.62. The molecule has 0 unspecified atom stereocenters. The Morgan fingerprint density at radius 3 is 2.36 bits per heavy atom. The third kappa shape index (κ3) is 5.01. The van der Waals surface area contributed by atoms with Gasteiger partial charge in [-0.1, -0.05) is 48.5 Å². The first-order chi connectivity index (χ1) is 12.0. The lowest BCUT2D eigenvalue weighted by Crippen LogP contribution is -2.42. The van der Waals surface area contributed by atoms with Crippen LogP contribution in [0.15, 0.2) is 67.3 Å². The molecule has 2 aromatic rings. The molecule has 2 aromatic carbocycles. The van der Waals surface area contributed by atoms with Gasteiger partial charge in [-0.2, -0.15) is 0 Å². The van der Waals surface area contributed by atoms with E-state index < -0.39 is 6.04 Å². The number of nitrogens with zero attached hydrogens (tertiary/aromatic N) is 1. The average Bonchev–Trinajstić information content (AvgIpc) is 2.62. The Hall–Kier alpha value is -2.95. The number of carbonyl (C=O) groups is 2. The maximum absolute atomic E-state index is 13.1. The summed E-state index contributed by atoms with van der Waals surface area (Å²) in [6.45, 7) is 5.52. The van der Waals surface area contributed by atoms with E-state index in [0.29, 0.717) is 12.1 Å². The van der Waals surface area contributed by atoms with E-state index in [1.165, 1.54) is 24.0 Å². The molecule has 2 rings (SSSR count). The van der Waals surface area contributed by atoms with Crippen LogP contribution in [0.3, 0.4) is 0 Å². The predicted octanol–water partition coefficient (Wildman–Crippen LogP) is 3.22. The molecule has 5 heteroatoms. The summed E-state index contributed by atoms with van der Waals surface area (Å²) in [7, 11) is 0. The minimum Gasteiger partial charge on any atom is -0.351 e. The molecule has 0 aliphatic heterocycles. The van der Waals surface area contributed by atoms with Crippen LogP contribution in [0.5, 0.6) is 0 Å². The van der Waals surface area contributed by atoms with Crippen LogP contribution in [0.4, 0.5) is 4.39 Å². The topological polar surface area (TPSA) is 49.4 Å². The van der Waals surface area contributed by atoms with Crippen molar-refractivity contribution in [1.29, 1.82) is 0 Å². The number of benzene rings is 2. The third-order valence-corrected chi connectivity index (χ3v) is 3.77. The number of halogens is 1. The van der Waals surface area contributed by atoms with Gasteiger partial charge < -0.3 is 10.2 Å². The van der Waals surface area contributed by atoms with Gasteiger partial charge >= 0.3 is 0 Å². The monoisotopic (exact) mass is 340 g/mol. The smallest absolute Gasteiger partial charge is 0.247 e. The van der Waals surface area contributed by atoms with Crippen molar-refractivity contribution in [3.8, 4) is 0 Å². The normalized spacial score (nSPS) is 11.4. The van der Waals surface area contributed by atoms with Crippen molar-refractivity contribution in [3.63, 3.8) is 0 Å². The largest absolute Gasteiger partial charge is 0.351 e. The van der Waals surface area contributed by atoms with Gasteiger partial charge in [0.2, 0.25) is 11.8 Å². The van der Waals surface area contributed by atoms with Gasteiger partial charge in [0.15, 0.2) is 0 Å². The molecule has 130 valence electrons. The summed E-state index contributed by atoms with van der Waals surface area (Å²) in [6.07, 6.45) is 1.58. The van der Waals surface area contributed by atoms with E-state index in [4.69, 9.17) is 0 Å². The molecule has 0 saturated heterocycles. The van der Waals surface area contributed by atoms with E-state index in [0.717, 1.165) is 5.56 Å². The van der Waals surface area contributed by atoms with Gasteiger partial charge in [-0.25, -0.2) is 4.39 Å². The molecule has 0 radical (unpaired) electrons. The summed E-state index contributed by atoms with van der Waals surface area (Å²) < 4.78 is 13.1. The van der Waals surface area contributed by atoms with Crippen LogP contribution in [0, 0.1) is 5.82 Å². The van der Waals surface area contributed by atoms with Crippen molar-refractivity contribution in [2.45, 2.75) is 19.5 Å². The van der Waals surface area contributed by atoms with E-state index in [9.17, 15) is 14.0 Å². The zero-order valence-electron chi connectivity index (χ0n) is 14.1. The Kier molecular flexibility index (Phi) is 6.46. The van der Waals surface area contributed by atoms with Crippen molar-refractivity contribution in [1.82, 2.24) is 10.2 Å². The van der Waals surface area contributed by atoms with Crippen LogP contribution in [-0.4, -0.2) is 23.3 Å². The molecular formula is C20H21FN2O2. The molecule has 0 bridgehead atoms. The summed E-state index contributed by atoms with van der Waals surface area (Å²) in [5.74, 6) is -0.878. The summed E-state index contributed by atoms with van der Waals surface area (Å²) >= 11 is 0. The van der Waals surface area contributed by atoms with Gasteiger partial charge in [-0.3, -0.25) is 9.59 Å². The molecule has 4 nitrogen and oxygen atoms in total. The molecule has 0 aliphatic rings. The van der Waals surface area contributed by atoms with Gasteiger partial charge in [0.05, 0.1) is 0 Å². The van der Waals surface area contributed by atoms with Gasteiger partial charge in [0, 0.05) is 20.0 Å². The maximum Gasteiger partial charge on any atom is 0.247 e. The Labute approximate surface area is 147 Å². The standard InChI is InChI=1S/C20H21FN2O2/c1-3-13-22-20(25)19(17-7-5-4-6-8-17)23(15(2)24)14-16-9-11-18(21)12-10-16/h3-12,19H,1,13-14H2,2H3,(H,22,25)/t19-/m0/s1. The maximum atomic E-state index is 13.1. The number of hydrogen-bond acceptors (Lipinski definition) is 2. The zero-order chi connectivity index (χ0) is 18.2. The molecule has 1 atom stereocenters. The molecule has 0 heterocycles. The fourth-order valence-electron chi connectivity index (χ4n) is 2.55. The molecule has 2 amide bonds. The van der Waals surface area contributed by atoms with Gasteiger partial charge in [-0.05, 0) is 23.3 Å². The summed E-state index contributed by atoms with van der Waals surface area (Å²) in [6, 6.07) is 14.2. The van der Waals surface area contributed by atoms with Crippen molar-refractivity contribution < 1.29 is 14.0 Å². The summed E-state index contributed by atoms with van der Waals surface area (Å²) in [4.78, 5) is 26.4. The van der Waals surface area contributed by atoms with Crippen LogP contribution >= 0.6 is 0 Å². The van der Waals surface area contributed by atoms with Crippen LogP contribution in [-0.2, 0) is 16.1 Å². The molecular weight excluding hydrogens is 319 g/mol. The Balaban J connectivity index is 2.35. The Morgan fingerprint density at radius 2 is 1.80 bits per heavy atom. The minimum atomic E-state index is -0.774. The molecule has 0 aromatic heterocycles. The SMILES string of the molecule is C=CCNC(=O)[C@H](c1ccccc1)N(Cc1ccc(F)cc1)C(C)=O. The average molecular weight is 340 g/mol. The first-order valence-electron chi connectivity index (χ1n) is 7.98. The van der Waals surface area contributed by atoms with E-state index >= 15 is 0 Å². The van der Waals surface area contributed by atoms with Gasteiger partial charge in [0.25, 0.3) is 0 Å². The quantitative estimate of drug-likeness (QED) is 0.787. The predicted molar refractivity (Wildman–Crippen MR) is 95.0 cm³/mol. The Morgan fingerprint density at radius 1 is 1.16 bits per heavy atom. The first-order valence-corrected chi connectivity index (χ1v) is 7.98.